The molecule has 4 heterocycles. The van der Waals surface area contributed by atoms with Crippen LogP contribution in [0.3, 0.4) is 0 Å². The Hall–Kier alpha value is -2.74. The van der Waals surface area contributed by atoms with Crippen LogP contribution >= 0.6 is 0 Å². The lowest BCUT2D eigenvalue weighted by molar-refractivity contribution is -0.140. The minimum Gasteiger partial charge on any atom is -0.336 e. The highest BCUT2D eigenvalue weighted by Gasteiger charge is 2.41. The number of likely N-dealkylation sites (tertiary alicyclic amines) is 2. The van der Waals surface area contributed by atoms with Gasteiger partial charge >= 0.3 is 5.69 Å². The van der Waals surface area contributed by atoms with Crippen LogP contribution in [0.25, 0.3) is 0 Å². The van der Waals surface area contributed by atoms with Crippen molar-refractivity contribution in [3.63, 3.8) is 0 Å². The van der Waals surface area contributed by atoms with Gasteiger partial charge in [0, 0.05) is 49.4 Å². The molecule has 2 aliphatic rings. The first-order valence-corrected chi connectivity index (χ1v) is 9.74. The predicted molar refractivity (Wildman–Crippen MR) is 104 cm³/mol. The van der Waals surface area contributed by atoms with Gasteiger partial charge in [0.05, 0.1) is 12.2 Å². The van der Waals surface area contributed by atoms with E-state index in [1.165, 1.54) is 6.07 Å². The Balaban J connectivity index is 1.46. The van der Waals surface area contributed by atoms with Gasteiger partial charge in [0.25, 0.3) is 5.56 Å². The lowest BCUT2D eigenvalue weighted by atomic mass is 9.73. The molecule has 8 heteroatoms. The molecule has 2 saturated heterocycles. The zero-order valence-electron chi connectivity index (χ0n) is 15.8. The molecule has 1 atom stereocenters. The van der Waals surface area contributed by atoms with Gasteiger partial charge in [-0.3, -0.25) is 24.5 Å². The van der Waals surface area contributed by atoms with Gasteiger partial charge in [-0.15, -0.1) is 0 Å². The predicted octanol–water partition coefficient (Wildman–Crippen LogP) is 0.863. The molecule has 2 N–H and O–H groups in total. The second-order valence-corrected chi connectivity index (χ2v) is 8.00. The Morgan fingerprint density at radius 1 is 1.07 bits per heavy atom. The highest BCUT2D eigenvalue weighted by Crippen LogP contribution is 2.39. The van der Waals surface area contributed by atoms with Gasteiger partial charge in [0.15, 0.2) is 0 Å². The molecule has 2 fully saturated rings. The lowest BCUT2D eigenvalue weighted by Gasteiger charge is -2.48. The van der Waals surface area contributed by atoms with Crippen molar-refractivity contribution in [1.82, 2.24) is 24.8 Å². The molecule has 8 nitrogen and oxygen atoms in total. The minimum atomic E-state index is -0.473. The van der Waals surface area contributed by atoms with E-state index in [4.69, 9.17) is 0 Å². The fraction of sp³-hybridized carbons (Fsp3) is 0.500. The molecule has 0 radical (unpaired) electrons. The van der Waals surface area contributed by atoms with E-state index in [2.05, 4.69) is 19.9 Å². The molecule has 0 saturated carbocycles. The summed E-state index contributed by atoms with van der Waals surface area (Å²) < 4.78 is 0. The summed E-state index contributed by atoms with van der Waals surface area (Å²) >= 11 is 0. The Morgan fingerprint density at radius 3 is 2.75 bits per heavy atom. The monoisotopic (exact) mass is 383 g/mol. The van der Waals surface area contributed by atoms with Crippen molar-refractivity contribution in [2.24, 2.45) is 5.41 Å². The van der Waals surface area contributed by atoms with Gasteiger partial charge in [0.1, 0.15) is 0 Å². The van der Waals surface area contributed by atoms with Gasteiger partial charge in [-0.05, 0) is 37.9 Å². The smallest absolute Gasteiger partial charge is 0.325 e. The molecule has 148 valence electrons. The first kappa shape index (κ1) is 18.6. The second-order valence-electron chi connectivity index (χ2n) is 8.00. The van der Waals surface area contributed by atoms with Crippen LogP contribution in [0.5, 0.6) is 0 Å². The fourth-order valence-electron chi connectivity index (χ4n) is 4.56. The molecule has 0 unspecified atom stereocenters. The molecule has 1 spiro atoms. The molecule has 4 rings (SSSR count). The molecule has 2 aliphatic heterocycles. The van der Waals surface area contributed by atoms with Crippen LogP contribution in [0.1, 0.15) is 37.1 Å². The molecular formula is C20H25N5O3. The number of hydrogen-bond donors (Lipinski definition) is 2. The highest BCUT2D eigenvalue weighted by atomic mass is 16.2. The Kier molecular flexibility index (Phi) is 5.13. The van der Waals surface area contributed by atoms with E-state index in [0.29, 0.717) is 25.2 Å². The van der Waals surface area contributed by atoms with Gasteiger partial charge in [-0.25, -0.2) is 4.79 Å². The molecular weight excluding hydrogens is 358 g/mol. The van der Waals surface area contributed by atoms with Crippen LogP contribution in [0, 0.1) is 5.41 Å². The fourth-order valence-corrected chi connectivity index (χ4v) is 4.56. The Morgan fingerprint density at radius 2 is 1.96 bits per heavy atom. The molecule has 2 aromatic heterocycles. The molecule has 28 heavy (non-hydrogen) atoms. The average molecular weight is 383 g/mol. The third kappa shape index (κ3) is 4.22. The number of carbonyl (C=O) groups excluding carboxylic acids is 1. The number of piperidine rings is 2. The number of aromatic nitrogens is 3. The van der Waals surface area contributed by atoms with Crippen molar-refractivity contribution in [1.29, 1.82) is 0 Å². The number of hydrogen-bond acceptors (Lipinski definition) is 5. The third-order valence-electron chi connectivity index (χ3n) is 5.78. The van der Waals surface area contributed by atoms with E-state index in [-0.39, 0.29) is 16.9 Å². The number of H-pyrrole nitrogens is 2. The average Bonchev–Trinajstić information content (AvgIpc) is 2.65. The van der Waals surface area contributed by atoms with Crippen molar-refractivity contribution in [2.45, 2.75) is 38.8 Å². The van der Waals surface area contributed by atoms with Crippen molar-refractivity contribution in [3.8, 4) is 0 Å². The largest absolute Gasteiger partial charge is 0.336 e. The normalized spacial score (nSPS) is 23.3. The van der Waals surface area contributed by atoms with Crippen molar-refractivity contribution in [3.05, 3.63) is 62.7 Å². The Labute approximate surface area is 162 Å². The van der Waals surface area contributed by atoms with Gasteiger partial charge < -0.3 is 9.88 Å². The van der Waals surface area contributed by atoms with Gasteiger partial charge in [0.2, 0.25) is 5.91 Å². The highest BCUT2D eigenvalue weighted by molar-refractivity contribution is 5.77. The summed E-state index contributed by atoms with van der Waals surface area (Å²) in [5, 5.41) is 0. The molecule has 0 bridgehead atoms. The van der Waals surface area contributed by atoms with Crippen LogP contribution in [0.15, 0.2) is 40.1 Å². The van der Waals surface area contributed by atoms with E-state index in [0.717, 1.165) is 44.6 Å². The molecule has 0 aliphatic carbocycles. The van der Waals surface area contributed by atoms with Gasteiger partial charge in [-0.2, -0.15) is 0 Å². The number of rotatable bonds is 4. The second kappa shape index (κ2) is 7.71. The summed E-state index contributed by atoms with van der Waals surface area (Å²) in [5.74, 6) is 0.187. The van der Waals surface area contributed by atoms with Crippen molar-refractivity contribution in [2.75, 3.05) is 19.6 Å². The van der Waals surface area contributed by atoms with Crippen LogP contribution in [0.2, 0.25) is 0 Å². The van der Waals surface area contributed by atoms with Crippen molar-refractivity contribution >= 4 is 5.91 Å². The minimum absolute atomic E-state index is 0.0580. The van der Waals surface area contributed by atoms with Crippen molar-refractivity contribution < 1.29 is 4.79 Å². The maximum absolute atomic E-state index is 12.5. The first-order valence-electron chi connectivity index (χ1n) is 9.74. The zero-order valence-corrected chi connectivity index (χ0v) is 15.8. The molecule has 1 amide bonds. The number of aromatic amines is 2. The number of carbonyl (C=O) groups is 1. The van der Waals surface area contributed by atoms with Crippen LogP contribution in [0.4, 0.5) is 0 Å². The van der Waals surface area contributed by atoms with Crippen LogP contribution < -0.4 is 11.2 Å². The van der Waals surface area contributed by atoms with E-state index in [9.17, 15) is 14.4 Å². The topological polar surface area (TPSA) is 102 Å². The molecule has 0 aromatic carbocycles. The summed E-state index contributed by atoms with van der Waals surface area (Å²) in [5.41, 5.74) is 0.738. The maximum Gasteiger partial charge on any atom is 0.325 e. The first-order chi connectivity index (χ1) is 13.5. The molecule has 2 aromatic rings. The summed E-state index contributed by atoms with van der Waals surface area (Å²) in [6, 6.07) is 7.21. The standard InChI is InChI=1S/C20H25N5O3/c26-17-10-16(22-19(28)23-17)11-24-9-3-6-20(13-24)7-5-18(27)25(14-20)12-15-4-1-2-8-21-15/h1-2,4,8,10H,3,5-7,9,11-14H2,(H2,22,23,26,28)/t20-/m1/s1. The lowest BCUT2D eigenvalue weighted by Crippen LogP contribution is -2.53. The number of pyridine rings is 1. The summed E-state index contributed by atoms with van der Waals surface area (Å²) in [7, 11) is 0. The van der Waals surface area contributed by atoms with E-state index in [1.807, 2.05) is 23.1 Å². The summed E-state index contributed by atoms with van der Waals surface area (Å²) in [4.78, 5) is 49.0. The maximum atomic E-state index is 12.5. The number of amides is 1. The van der Waals surface area contributed by atoms with E-state index in [1.54, 1.807) is 6.20 Å². The van der Waals surface area contributed by atoms with E-state index >= 15 is 0 Å². The third-order valence-corrected chi connectivity index (χ3v) is 5.78. The van der Waals surface area contributed by atoms with Crippen LogP contribution in [-0.4, -0.2) is 50.3 Å². The summed E-state index contributed by atoms with van der Waals surface area (Å²) in [6.45, 7) is 3.58. The van der Waals surface area contributed by atoms with Gasteiger partial charge in [-0.1, -0.05) is 6.07 Å². The summed E-state index contributed by atoms with van der Waals surface area (Å²) in [6.07, 6.45) is 5.32. The van der Waals surface area contributed by atoms with E-state index < -0.39 is 5.69 Å². The van der Waals surface area contributed by atoms with Crippen LogP contribution in [-0.2, 0) is 17.9 Å². The number of nitrogens with zero attached hydrogens (tertiary/aromatic N) is 3. The SMILES string of the molecule is O=C1CC[C@@]2(CCCN(Cc3cc(=O)[nH]c(=O)[nH]3)C2)CN1Cc1ccccn1. The quantitative estimate of drug-likeness (QED) is 0.815. The Bertz CT molecular complexity index is 926. The number of nitrogens with one attached hydrogen (secondary N) is 2. The zero-order chi connectivity index (χ0) is 19.6.